The lowest BCUT2D eigenvalue weighted by atomic mass is 9.87. The number of allylic oxidation sites excluding steroid dienone is 7. The zero-order chi connectivity index (χ0) is 14.4. The lowest BCUT2D eigenvalue weighted by Crippen LogP contribution is -2.11. The zero-order valence-electron chi connectivity index (χ0n) is 13.2. The smallest absolute Gasteiger partial charge is 0.0133 e. The van der Waals surface area contributed by atoms with Crippen molar-refractivity contribution in [1.82, 2.24) is 0 Å². The van der Waals surface area contributed by atoms with Crippen LogP contribution in [0.2, 0.25) is 0 Å². The molecule has 0 spiro atoms. The van der Waals surface area contributed by atoms with Crippen LogP contribution in [0.1, 0.15) is 32.6 Å². The third-order valence-electron chi connectivity index (χ3n) is 6.89. The topological polar surface area (TPSA) is 0 Å². The standard InChI is InChI=1S/C21H28/c1-3-15-13-17(21-9-5-7-19(15)21)11-10-16-12-14(2)18-6-4-8-20(16)18/h3-5,7-8,10-11,14-21H,1,6,9,12-13H2,2H3. The van der Waals surface area contributed by atoms with E-state index in [1.165, 1.54) is 25.7 Å². The van der Waals surface area contributed by atoms with E-state index in [-0.39, 0.29) is 0 Å². The highest BCUT2D eigenvalue weighted by atomic mass is 14.5. The second-order valence-electron chi connectivity index (χ2n) is 7.87. The van der Waals surface area contributed by atoms with Gasteiger partial charge in [-0.25, -0.2) is 0 Å². The minimum absolute atomic E-state index is 0.713. The van der Waals surface area contributed by atoms with Gasteiger partial charge in [-0.05, 0) is 73.0 Å². The highest BCUT2D eigenvalue weighted by molar-refractivity contribution is 5.18. The van der Waals surface area contributed by atoms with E-state index in [1.54, 1.807) is 0 Å². The van der Waals surface area contributed by atoms with Gasteiger partial charge in [0.1, 0.15) is 0 Å². The fourth-order valence-electron chi connectivity index (χ4n) is 5.75. The van der Waals surface area contributed by atoms with Crippen LogP contribution in [0.5, 0.6) is 0 Å². The van der Waals surface area contributed by atoms with Crippen LogP contribution in [0, 0.1) is 47.3 Å². The van der Waals surface area contributed by atoms with Crippen molar-refractivity contribution in [3.63, 3.8) is 0 Å². The summed E-state index contributed by atoms with van der Waals surface area (Å²) in [6.07, 6.45) is 22.5. The van der Waals surface area contributed by atoms with Crippen molar-refractivity contribution in [2.45, 2.75) is 32.6 Å². The summed E-state index contributed by atoms with van der Waals surface area (Å²) in [5.74, 6) is 6.62. The fourth-order valence-corrected chi connectivity index (χ4v) is 5.75. The van der Waals surface area contributed by atoms with E-state index in [2.05, 4.69) is 56.0 Å². The van der Waals surface area contributed by atoms with Crippen LogP contribution in [-0.2, 0) is 0 Å². The average molecular weight is 280 g/mol. The van der Waals surface area contributed by atoms with Crippen LogP contribution in [-0.4, -0.2) is 0 Å². The van der Waals surface area contributed by atoms with Crippen LogP contribution in [0.25, 0.3) is 0 Å². The number of hydrogen-bond donors (Lipinski definition) is 0. The molecule has 0 aromatic rings. The quantitative estimate of drug-likeness (QED) is 0.607. The molecule has 0 bridgehead atoms. The fraction of sp³-hybridized carbons (Fsp3) is 0.619. The van der Waals surface area contributed by atoms with Crippen molar-refractivity contribution in [2.75, 3.05) is 0 Å². The maximum atomic E-state index is 4.06. The highest BCUT2D eigenvalue weighted by Crippen LogP contribution is 2.51. The Labute approximate surface area is 129 Å². The third kappa shape index (κ3) is 2.18. The van der Waals surface area contributed by atoms with Gasteiger partial charge >= 0.3 is 0 Å². The summed E-state index contributed by atoms with van der Waals surface area (Å²) in [5.41, 5.74) is 0. The molecular weight excluding hydrogens is 252 g/mol. The molecular formula is C21H28. The van der Waals surface area contributed by atoms with Crippen LogP contribution < -0.4 is 0 Å². The molecule has 0 saturated heterocycles. The van der Waals surface area contributed by atoms with E-state index >= 15 is 0 Å². The predicted octanol–water partition coefficient (Wildman–Crippen LogP) is 5.41. The molecule has 112 valence electrons. The summed E-state index contributed by atoms with van der Waals surface area (Å²) in [5, 5.41) is 0. The Morgan fingerprint density at radius 2 is 1.52 bits per heavy atom. The summed E-state index contributed by atoms with van der Waals surface area (Å²) in [4.78, 5) is 0. The molecule has 0 N–H and O–H groups in total. The second-order valence-corrected chi connectivity index (χ2v) is 7.87. The Bertz CT molecular complexity index is 494. The molecule has 0 aliphatic heterocycles. The highest BCUT2D eigenvalue weighted by Gasteiger charge is 2.42. The molecule has 2 saturated carbocycles. The first kappa shape index (κ1) is 13.6. The molecule has 8 atom stereocenters. The zero-order valence-corrected chi connectivity index (χ0v) is 13.2. The van der Waals surface area contributed by atoms with Gasteiger partial charge < -0.3 is 0 Å². The molecule has 0 heterocycles. The van der Waals surface area contributed by atoms with Crippen molar-refractivity contribution < 1.29 is 0 Å². The van der Waals surface area contributed by atoms with E-state index in [1.807, 2.05) is 0 Å². The van der Waals surface area contributed by atoms with Crippen LogP contribution in [0.15, 0.2) is 49.1 Å². The summed E-state index contributed by atoms with van der Waals surface area (Å²) in [6.45, 7) is 6.52. The Hall–Kier alpha value is -1.04. The second kappa shape index (κ2) is 5.30. The number of hydrogen-bond acceptors (Lipinski definition) is 0. The van der Waals surface area contributed by atoms with Gasteiger partial charge in [0.25, 0.3) is 0 Å². The monoisotopic (exact) mass is 280 g/mol. The van der Waals surface area contributed by atoms with Gasteiger partial charge in [-0.15, -0.1) is 6.58 Å². The van der Waals surface area contributed by atoms with E-state index in [4.69, 9.17) is 0 Å². The van der Waals surface area contributed by atoms with Crippen LogP contribution >= 0.6 is 0 Å². The Morgan fingerprint density at radius 1 is 0.857 bits per heavy atom. The largest absolute Gasteiger partial charge is 0.103 e. The Morgan fingerprint density at radius 3 is 2.29 bits per heavy atom. The molecule has 0 radical (unpaired) electrons. The molecule has 4 aliphatic carbocycles. The molecule has 2 fully saturated rings. The lowest BCUT2D eigenvalue weighted by molar-refractivity contribution is 0.386. The van der Waals surface area contributed by atoms with Crippen LogP contribution in [0.4, 0.5) is 0 Å². The molecule has 8 unspecified atom stereocenters. The molecule has 4 rings (SSSR count). The summed E-state index contributed by atoms with van der Waals surface area (Å²) < 4.78 is 0. The first-order valence-electron chi connectivity index (χ1n) is 8.92. The average Bonchev–Trinajstić information content (AvgIpc) is 3.19. The van der Waals surface area contributed by atoms with Gasteiger partial charge in [-0.3, -0.25) is 0 Å². The van der Waals surface area contributed by atoms with Gasteiger partial charge in [-0.2, -0.15) is 0 Å². The normalized spacial score (nSPS) is 50.9. The molecule has 0 aromatic carbocycles. The van der Waals surface area contributed by atoms with Gasteiger partial charge in [0.15, 0.2) is 0 Å². The van der Waals surface area contributed by atoms with Crippen molar-refractivity contribution in [3.8, 4) is 0 Å². The maximum absolute atomic E-state index is 4.06. The minimum atomic E-state index is 0.713. The van der Waals surface area contributed by atoms with Crippen molar-refractivity contribution >= 4 is 0 Å². The minimum Gasteiger partial charge on any atom is -0.103 e. The summed E-state index contributed by atoms with van der Waals surface area (Å²) in [6, 6.07) is 0. The van der Waals surface area contributed by atoms with Crippen molar-refractivity contribution in [2.24, 2.45) is 47.3 Å². The lowest BCUT2D eigenvalue weighted by Gasteiger charge is -2.17. The van der Waals surface area contributed by atoms with E-state index in [9.17, 15) is 0 Å². The predicted molar refractivity (Wildman–Crippen MR) is 89.7 cm³/mol. The van der Waals surface area contributed by atoms with Gasteiger partial charge in [0, 0.05) is 0 Å². The Kier molecular flexibility index (Phi) is 3.44. The molecule has 4 aliphatic rings. The molecule has 21 heavy (non-hydrogen) atoms. The number of fused-ring (bicyclic) bond motifs is 2. The SMILES string of the molecule is C=CC1CC(C=CC2CC(C)C3CC=CC23)C2CC=CC12. The van der Waals surface area contributed by atoms with Gasteiger partial charge in [0.05, 0.1) is 0 Å². The van der Waals surface area contributed by atoms with Crippen LogP contribution in [0.3, 0.4) is 0 Å². The molecule has 0 aromatic heterocycles. The van der Waals surface area contributed by atoms with Gasteiger partial charge in [-0.1, -0.05) is 49.5 Å². The Balaban J connectivity index is 1.46. The molecule has 0 nitrogen and oxygen atoms in total. The summed E-state index contributed by atoms with van der Waals surface area (Å²) in [7, 11) is 0. The number of rotatable bonds is 3. The summed E-state index contributed by atoms with van der Waals surface area (Å²) >= 11 is 0. The van der Waals surface area contributed by atoms with E-state index in [0.717, 1.165) is 41.4 Å². The van der Waals surface area contributed by atoms with Gasteiger partial charge in [0.2, 0.25) is 0 Å². The molecule has 0 amide bonds. The van der Waals surface area contributed by atoms with Crippen molar-refractivity contribution in [1.29, 1.82) is 0 Å². The van der Waals surface area contributed by atoms with Crippen molar-refractivity contribution in [3.05, 3.63) is 49.1 Å². The first-order valence-corrected chi connectivity index (χ1v) is 8.92. The first-order chi connectivity index (χ1) is 10.3. The maximum Gasteiger partial charge on any atom is -0.0133 e. The van der Waals surface area contributed by atoms with E-state index in [0.29, 0.717) is 5.92 Å². The molecule has 0 heteroatoms. The third-order valence-corrected chi connectivity index (χ3v) is 6.89. The van der Waals surface area contributed by atoms with E-state index < -0.39 is 0 Å².